The number of unbranched alkanes of at least 4 members (excludes halogenated alkanes) is 6. The summed E-state index contributed by atoms with van der Waals surface area (Å²) in [6.45, 7) is 12.2. The summed E-state index contributed by atoms with van der Waals surface area (Å²) in [6, 6.07) is 0.850. The van der Waals surface area contributed by atoms with Gasteiger partial charge >= 0.3 is 8.80 Å². The molecule has 0 aromatic heterocycles. The average Bonchev–Trinajstić information content (AvgIpc) is 2.60. The van der Waals surface area contributed by atoms with Crippen molar-refractivity contribution in [3.63, 3.8) is 0 Å². The number of rotatable bonds is 15. The van der Waals surface area contributed by atoms with Crippen molar-refractivity contribution in [2.75, 3.05) is 19.8 Å². The van der Waals surface area contributed by atoms with E-state index in [9.17, 15) is 4.79 Å². The molecule has 6 heteroatoms. The maximum absolute atomic E-state index is 10.7. The second-order valence-electron chi connectivity index (χ2n) is 6.56. The van der Waals surface area contributed by atoms with Crippen molar-refractivity contribution in [1.82, 2.24) is 0 Å². The maximum Gasteiger partial charge on any atom is 0.500 e. The molecular formula is C20H42O4SSi. The second kappa shape index (κ2) is 17.2. The minimum atomic E-state index is -2.27. The van der Waals surface area contributed by atoms with Gasteiger partial charge < -0.3 is 13.3 Å². The van der Waals surface area contributed by atoms with Gasteiger partial charge in [0.1, 0.15) is 0 Å². The summed E-state index contributed by atoms with van der Waals surface area (Å²) < 4.78 is 16.7. The number of carbonyl (C=O) groups excluding carboxylic acids is 1. The zero-order valence-corrected chi connectivity index (χ0v) is 19.6. The van der Waals surface area contributed by atoms with Crippen LogP contribution in [0.2, 0.25) is 6.04 Å². The van der Waals surface area contributed by atoms with Crippen LogP contribution >= 0.6 is 11.8 Å². The summed E-state index contributed by atoms with van der Waals surface area (Å²) in [5, 5.41) is 1.08. The molecule has 0 spiro atoms. The predicted molar refractivity (Wildman–Crippen MR) is 115 cm³/mol. The first kappa shape index (κ1) is 26.1. The normalized spacial score (nSPS) is 16.8. The lowest BCUT2D eigenvalue weighted by Crippen LogP contribution is -2.45. The van der Waals surface area contributed by atoms with Crippen molar-refractivity contribution >= 4 is 25.7 Å². The van der Waals surface area contributed by atoms with Gasteiger partial charge in [-0.05, 0) is 27.2 Å². The molecule has 1 atom stereocenters. The van der Waals surface area contributed by atoms with E-state index in [1.54, 1.807) is 11.8 Å². The number of thioether (sulfide) groups is 1. The van der Waals surface area contributed by atoms with E-state index < -0.39 is 8.80 Å². The van der Waals surface area contributed by atoms with Crippen LogP contribution in [0.5, 0.6) is 0 Å². The third-order valence-corrected chi connectivity index (χ3v) is 8.56. The lowest BCUT2D eigenvalue weighted by atomic mass is 10.1. The highest BCUT2D eigenvalue weighted by Gasteiger charge is 2.37. The molecule has 26 heavy (non-hydrogen) atoms. The van der Waals surface area contributed by atoms with Crippen LogP contribution in [0.15, 0.2) is 0 Å². The monoisotopic (exact) mass is 406 g/mol. The van der Waals surface area contributed by atoms with Crippen LogP contribution in [0.25, 0.3) is 0 Å². The third-order valence-electron chi connectivity index (χ3n) is 4.35. The Morgan fingerprint density at radius 3 is 1.69 bits per heavy atom. The quantitative estimate of drug-likeness (QED) is 0.239. The standard InChI is InChI=1S/C12H22OS.C8H20O3Si/c1-2-3-4-5-6-7-8-9-11-10-12(13)14-11;1-5-9-12(8-4,10-6-2)11-7-3/h11H,2-10H2,1H3;5-8H2,1-4H3. The molecule has 0 aliphatic carbocycles. The molecule has 0 saturated carbocycles. The molecule has 0 N–H and O–H groups in total. The molecule has 1 heterocycles. The van der Waals surface area contributed by atoms with Gasteiger partial charge in [-0.2, -0.15) is 0 Å². The molecule has 1 rings (SSSR count). The molecular weight excluding hydrogens is 364 g/mol. The van der Waals surface area contributed by atoms with Crippen molar-refractivity contribution < 1.29 is 18.1 Å². The smallest absolute Gasteiger partial charge is 0.374 e. The first-order valence-electron chi connectivity index (χ1n) is 10.7. The van der Waals surface area contributed by atoms with Crippen molar-refractivity contribution in [1.29, 1.82) is 0 Å². The maximum atomic E-state index is 10.7. The summed E-state index contributed by atoms with van der Waals surface area (Å²) in [5.41, 5.74) is 0. The van der Waals surface area contributed by atoms with E-state index in [0.717, 1.165) is 12.5 Å². The van der Waals surface area contributed by atoms with E-state index >= 15 is 0 Å². The summed E-state index contributed by atoms with van der Waals surface area (Å²) in [4.78, 5) is 10.7. The van der Waals surface area contributed by atoms with E-state index in [4.69, 9.17) is 13.3 Å². The van der Waals surface area contributed by atoms with E-state index in [0.29, 0.717) is 30.2 Å². The minimum absolute atomic E-state index is 0.401. The highest BCUT2D eigenvalue weighted by molar-refractivity contribution is 8.16. The van der Waals surface area contributed by atoms with Gasteiger partial charge in [0.15, 0.2) is 5.12 Å². The molecule has 1 saturated heterocycles. The number of hydrogen-bond donors (Lipinski definition) is 0. The van der Waals surface area contributed by atoms with Gasteiger partial charge in [-0.1, -0.05) is 70.6 Å². The van der Waals surface area contributed by atoms with Crippen LogP contribution in [0, 0.1) is 0 Å². The SMILES string of the molecule is CCCCCCCCCC1CC(=O)S1.CCO[Si](CC)(OCC)OCC. The van der Waals surface area contributed by atoms with Gasteiger partial charge in [0.05, 0.1) is 0 Å². The molecule has 156 valence electrons. The molecule has 1 fully saturated rings. The van der Waals surface area contributed by atoms with E-state index in [-0.39, 0.29) is 0 Å². The molecule has 0 aromatic carbocycles. The predicted octanol–water partition coefficient (Wildman–Crippen LogP) is 6.21. The highest BCUT2D eigenvalue weighted by Crippen LogP contribution is 2.33. The van der Waals surface area contributed by atoms with Crippen LogP contribution in [-0.2, 0) is 18.1 Å². The average molecular weight is 407 g/mol. The molecule has 1 unspecified atom stereocenters. The molecule has 0 aromatic rings. The Balaban J connectivity index is 0.000000488. The lowest BCUT2D eigenvalue weighted by molar-refractivity contribution is -0.112. The number of hydrogen-bond acceptors (Lipinski definition) is 5. The Morgan fingerprint density at radius 1 is 0.846 bits per heavy atom. The van der Waals surface area contributed by atoms with Crippen molar-refractivity contribution in [3.05, 3.63) is 0 Å². The fraction of sp³-hybridized carbons (Fsp3) is 0.950. The Labute approximate surface area is 167 Å². The Kier molecular flexibility index (Phi) is 17.3. The second-order valence-corrected chi connectivity index (χ2v) is 10.9. The lowest BCUT2D eigenvalue weighted by Gasteiger charge is -2.26. The topological polar surface area (TPSA) is 44.8 Å². The fourth-order valence-electron chi connectivity index (χ4n) is 2.94. The first-order valence-corrected chi connectivity index (χ1v) is 13.5. The molecule has 1 aliphatic heterocycles. The van der Waals surface area contributed by atoms with E-state index in [1.807, 2.05) is 27.7 Å². The molecule has 0 amide bonds. The van der Waals surface area contributed by atoms with Crippen LogP contribution < -0.4 is 0 Å². The van der Waals surface area contributed by atoms with Crippen LogP contribution in [-0.4, -0.2) is 39.0 Å². The zero-order valence-electron chi connectivity index (χ0n) is 17.8. The summed E-state index contributed by atoms with van der Waals surface area (Å²) >= 11 is 1.56. The summed E-state index contributed by atoms with van der Waals surface area (Å²) in [7, 11) is -2.27. The van der Waals surface area contributed by atoms with Gasteiger partial charge in [-0.25, -0.2) is 0 Å². The Hall–Kier alpha value is 0.117. The van der Waals surface area contributed by atoms with Crippen LogP contribution in [0.1, 0.15) is 92.4 Å². The largest absolute Gasteiger partial charge is 0.500 e. The Morgan fingerprint density at radius 2 is 1.31 bits per heavy atom. The van der Waals surface area contributed by atoms with Crippen LogP contribution in [0.4, 0.5) is 0 Å². The molecule has 4 nitrogen and oxygen atoms in total. The van der Waals surface area contributed by atoms with Gasteiger partial charge in [-0.3, -0.25) is 4.79 Å². The molecule has 0 radical (unpaired) electrons. The first-order chi connectivity index (χ1) is 12.6. The van der Waals surface area contributed by atoms with E-state index in [2.05, 4.69) is 6.92 Å². The van der Waals surface area contributed by atoms with Crippen molar-refractivity contribution in [3.8, 4) is 0 Å². The third kappa shape index (κ3) is 12.5. The summed E-state index contributed by atoms with van der Waals surface area (Å²) in [6.07, 6.45) is 11.8. The fourth-order valence-corrected chi connectivity index (χ4v) is 6.02. The van der Waals surface area contributed by atoms with Gasteiger partial charge in [0, 0.05) is 37.5 Å². The Bertz CT molecular complexity index is 317. The molecule has 1 aliphatic rings. The summed E-state index contributed by atoms with van der Waals surface area (Å²) in [5.74, 6) is 0. The van der Waals surface area contributed by atoms with E-state index in [1.165, 1.54) is 51.4 Å². The van der Waals surface area contributed by atoms with Gasteiger partial charge in [0.25, 0.3) is 0 Å². The van der Waals surface area contributed by atoms with Gasteiger partial charge in [-0.15, -0.1) is 0 Å². The van der Waals surface area contributed by atoms with Gasteiger partial charge in [0.2, 0.25) is 0 Å². The van der Waals surface area contributed by atoms with Crippen molar-refractivity contribution in [2.24, 2.45) is 0 Å². The van der Waals surface area contributed by atoms with Crippen molar-refractivity contribution in [2.45, 2.75) is 104 Å². The number of carbonyl (C=O) groups is 1. The zero-order chi connectivity index (χ0) is 19.7. The van der Waals surface area contributed by atoms with Crippen LogP contribution in [0.3, 0.4) is 0 Å². The minimum Gasteiger partial charge on any atom is -0.374 e. The molecule has 0 bridgehead atoms. The highest BCUT2D eigenvalue weighted by atomic mass is 32.2.